The molecule has 0 heterocycles. The third-order valence-corrected chi connectivity index (χ3v) is 3.25. The minimum Gasteiger partial charge on any atom is -0.481 e. The van der Waals surface area contributed by atoms with Crippen LogP contribution in [0.15, 0.2) is 24.3 Å². The topological polar surface area (TPSA) is 40.5 Å². The highest BCUT2D eigenvalue weighted by atomic mass is 35.5. The Bertz CT molecular complexity index is 381. The van der Waals surface area contributed by atoms with Crippen LogP contribution in [-0.4, -0.2) is 29.1 Å². The summed E-state index contributed by atoms with van der Waals surface area (Å²) in [6, 6.07) is 7.69. The summed E-state index contributed by atoms with van der Waals surface area (Å²) in [6.07, 6.45) is 0.977. The Balaban J connectivity index is 2.67. The number of carboxylic acids is 1. The Morgan fingerprint density at radius 3 is 2.65 bits per heavy atom. The van der Waals surface area contributed by atoms with Crippen LogP contribution in [0.5, 0.6) is 0 Å². The molecule has 0 aliphatic carbocycles. The number of benzene rings is 1. The first-order chi connectivity index (χ1) is 8.04. The molecule has 4 heteroatoms. The largest absolute Gasteiger partial charge is 0.481 e. The van der Waals surface area contributed by atoms with Gasteiger partial charge in [-0.2, -0.15) is 0 Å². The molecule has 0 spiro atoms. The van der Waals surface area contributed by atoms with Gasteiger partial charge in [0, 0.05) is 17.6 Å². The van der Waals surface area contributed by atoms with Crippen molar-refractivity contribution >= 4 is 17.6 Å². The maximum absolute atomic E-state index is 10.7. The summed E-state index contributed by atoms with van der Waals surface area (Å²) < 4.78 is 0. The Morgan fingerprint density at radius 2 is 2.12 bits per heavy atom. The summed E-state index contributed by atoms with van der Waals surface area (Å²) in [5.41, 5.74) is 1.03. The number of carbonyl (C=O) groups is 1. The van der Waals surface area contributed by atoms with Crippen molar-refractivity contribution in [2.75, 3.05) is 7.05 Å². The molecular formula is C13H18ClNO2. The fourth-order valence-corrected chi connectivity index (χ4v) is 2.03. The van der Waals surface area contributed by atoms with Crippen molar-refractivity contribution in [3.8, 4) is 0 Å². The van der Waals surface area contributed by atoms with Crippen LogP contribution in [-0.2, 0) is 11.3 Å². The molecule has 1 aromatic carbocycles. The molecule has 1 rings (SSSR count). The van der Waals surface area contributed by atoms with Crippen LogP contribution in [0.4, 0.5) is 0 Å². The van der Waals surface area contributed by atoms with Gasteiger partial charge in [0.15, 0.2) is 0 Å². The van der Waals surface area contributed by atoms with Gasteiger partial charge in [0.05, 0.1) is 6.42 Å². The van der Waals surface area contributed by atoms with Crippen molar-refractivity contribution in [3.63, 3.8) is 0 Å². The maximum Gasteiger partial charge on any atom is 0.304 e. The zero-order valence-corrected chi connectivity index (χ0v) is 10.9. The lowest BCUT2D eigenvalue weighted by Gasteiger charge is -2.26. The summed E-state index contributed by atoms with van der Waals surface area (Å²) in [4.78, 5) is 12.8. The van der Waals surface area contributed by atoms with Gasteiger partial charge in [-0.3, -0.25) is 9.69 Å². The molecule has 3 nitrogen and oxygen atoms in total. The van der Waals surface area contributed by atoms with Crippen LogP contribution in [0.1, 0.15) is 25.3 Å². The predicted molar refractivity (Wildman–Crippen MR) is 69.3 cm³/mol. The van der Waals surface area contributed by atoms with Gasteiger partial charge in [0.25, 0.3) is 0 Å². The second kappa shape index (κ2) is 6.62. The van der Waals surface area contributed by atoms with E-state index in [9.17, 15) is 4.79 Å². The molecule has 0 saturated heterocycles. The fraction of sp³-hybridized carbons (Fsp3) is 0.462. The van der Waals surface area contributed by atoms with Crippen LogP contribution in [0.3, 0.4) is 0 Å². The lowest BCUT2D eigenvalue weighted by Crippen LogP contribution is -2.32. The van der Waals surface area contributed by atoms with Gasteiger partial charge in [-0.25, -0.2) is 0 Å². The predicted octanol–water partition coefficient (Wildman–Crippen LogP) is 3.03. The summed E-state index contributed by atoms with van der Waals surface area (Å²) in [7, 11) is 1.93. The average molecular weight is 256 g/mol. The molecule has 0 aliphatic rings. The molecule has 0 aromatic heterocycles. The molecule has 1 aromatic rings. The number of carboxylic acid groups (broad SMARTS) is 1. The lowest BCUT2D eigenvalue weighted by molar-refractivity contribution is -0.138. The van der Waals surface area contributed by atoms with E-state index in [1.807, 2.05) is 43.1 Å². The highest BCUT2D eigenvalue weighted by Gasteiger charge is 2.17. The quantitative estimate of drug-likeness (QED) is 0.850. The second-order valence-corrected chi connectivity index (χ2v) is 4.57. The molecular weight excluding hydrogens is 238 g/mol. The van der Waals surface area contributed by atoms with E-state index in [0.29, 0.717) is 6.54 Å². The zero-order valence-electron chi connectivity index (χ0n) is 10.2. The maximum atomic E-state index is 10.7. The van der Waals surface area contributed by atoms with E-state index in [-0.39, 0.29) is 12.5 Å². The van der Waals surface area contributed by atoms with Crippen LogP contribution < -0.4 is 0 Å². The standard InChI is InChI=1S/C13H18ClNO2/c1-3-11(8-13(16)17)15(2)9-10-6-4-5-7-12(10)14/h4-7,11H,3,8-9H2,1-2H3,(H,16,17). The molecule has 0 radical (unpaired) electrons. The van der Waals surface area contributed by atoms with Crippen molar-refractivity contribution in [2.45, 2.75) is 32.4 Å². The third-order valence-electron chi connectivity index (χ3n) is 2.88. The SMILES string of the molecule is CCC(CC(=O)O)N(C)Cc1ccccc1Cl. The normalized spacial score (nSPS) is 12.7. The number of rotatable bonds is 6. The molecule has 0 fully saturated rings. The number of aliphatic carboxylic acids is 1. The van der Waals surface area contributed by atoms with Gasteiger partial charge in [-0.1, -0.05) is 36.7 Å². The van der Waals surface area contributed by atoms with Gasteiger partial charge in [0.2, 0.25) is 0 Å². The minimum atomic E-state index is -0.761. The molecule has 94 valence electrons. The Hall–Kier alpha value is -1.06. The van der Waals surface area contributed by atoms with E-state index < -0.39 is 5.97 Å². The first-order valence-corrected chi connectivity index (χ1v) is 6.07. The average Bonchev–Trinajstić information content (AvgIpc) is 2.28. The van der Waals surface area contributed by atoms with Crippen LogP contribution >= 0.6 is 11.6 Å². The van der Waals surface area contributed by atoms with Crippen LogP contribution in [0.25, 0.3) is 0 Å². The number of hydrogen-bond acceptors (Lipinski definition) is 2. The lowest BCUT2D eigenvalue weighted by atomic mass is 10.1. The Kier molecular flexibility index (Phi) is 5.45. The number of hydrogen-bond donors (Lipinski definition) is 1. The first kappa shape index (κ1) is 14.0. The molecule has 0 saturated carbocycles. The highest BCUT2D eigenvalue weighted by molar-refractivity contribution is 6.31. The smallest absolute Gasteiger partial charge is 0.304 e. The van der Waals surface area contributed by atoms with E-state index in [1.165, 1.54) is 0 Å². The third kappa shape index (κ3) is 4.36. The molecule has 17 heavy (non-hydrogen) atoms. The molecule has 0 aliphatic heterocycles. The van der Waals surface area contributed by atoms with Crippen molar-refractivity contribution in [1.29, 1.82) is 0 Å². The van der Waals surface area contributed by atoms with E-state index in [0.717, 1.165) is 17.0 Å². The number of nitrogens with zero attached hydrogens (tertiary/aromatic N) is 1. The Labute approximate surface area is 107 Å². The zero-order chi connectivity index (χ0) is 12.8. The Morgan fingerprint density at radius 1 is 1.47 bits per heavy atom. The van der Waals surface area contributed by atoms with Crippen LogP contribution in [0.2, 0.25) is 5.02 Å². The molecule has 0 amide bonds. The molecule has 1 N–H and O–H groups in total. The van der Waals surface area contributed by atoms with Gasteiger partial charge in [-0.05, 0) is 25.1 Å². The van der Waals surface area contributed by atoms with E-state index in [1.54, 1.807) is 0 Å². The van der Waals surface area contributed by atoms with Gasteiger partial charge in [-0.15, -0.1) is 0 Å². The van der Waals surface area contributed by atoms with Gasteiger partial charge >= 0.3 is 5.97 Å². The molecule has 1 unspecified atom stereocenters. The van der Waals surface area contributed by atoms with E-state index in [2.05, 4.69) is 0 Å². The monoisotopic (exact) mass is 255 g/mol. The first-order valence-electron chi connectivity index (χ1n) is 5.70. The highest BCUT2D eigenvalue weighted by Crippen LogP contribution is 2.18. The molecule has 1 atom stereocenters. The van der Waals surface area contributed by atoms with Gasteiger partial charge in [0.1, 0.15) is 0 Å². The minimum absolute atomic E-state index is 0.0452. The summed E-state index contributed by atoms with van der Waals surface area (Å²) >= 11 is 6.08. The van der Waals surface area contributed by atoms with Crippen molar-refractivity contribution in [1.82, 2.24) is 4.90 Å². The summed E-state index contributed by atoms with van der Waals surface area (Å²) in [5, 5.41) is 9.56. The fourth-order valence-electron chi connectivity index (χ4n) is 1.84. The van der Waals surface area contributed by atoms with E-state index >= 15 is 0 Å². The number of halogens is 1. The van der Waals surface area contributed by atoms with Crippen molar-refractivity contribution in [2.24, 2.45) is 0 Å². The van der Waals surface area contributed by atoms with E-state index in [4.69, 9.17) is 16.7 Å². The van der Waals surface area contributed by atoms with Gasteiger partial charge < -0.3 is 5.11 Å². The van der Waals surface area contributed by atoms with Crippen LogP contribution in [0, 0.1) is 0 Å². The summed E-state index contributed by atoms with van der Waals surface area (Å²) in [6.45, 7) is 2.67. The summed E-state index contributed by atoms with van der Waals surface area (Å²) in [5.74, 6) is -0.761. The second-order valence-electron chi connectivity index (χ2n) is 4.17. The van der Waals surface area contributed by atoms with Crippen molar-refractivity contribution in [3.05, 3.63) is 34.9 Å². The van der Waals surface area contributed by atoms with Crippen molar-refractivity contribution < 1.29 is 9.90 Å². The molecule has 0 bridgehead atoms.